The molecule has 1 amide bonds. The van der Waals surface area contributed by atoms with E-state index in [2.05, 4.69) is 37.6 Å². The van der Waals surface area contributed by atoms with E-state index in [4.69, 9.17) is 4.74 Å². The quantitative estimate of drug-likeness (QED) is 0.172. The number of benzene rings is 2. The van der Waals surface area contributed by atoms with Crippen molar-refractivity contribution >= 4 is 40.8 Å². The zero-order valence-electron chi connectivity index (χ0n) is 29.8. The first-order valence-electron chi connectivity index (χ1n) is 18.1. The summed E-state index contributed by atoms with van der Waals surface area (Å²) >= 11 is 1.31. The SMILES string of the molecule is C=C[C@]1(C)C[C@@H](OC(=O)CSc2ccccc2NC(=O)CN2CCN(c3ccccc3F)CC2)[C@]2(C)[C@H](C)CC[C@]3(CCC(=O)[C@H]32)[C@@H](C)[C@@H]1O. The van der Waals surface area contributed by atoms with Crippen LogP contribution in [0.1, 0.15) is 59.8 Å². The number of hydrogen-bond acceptors (Lipinski definition) is 8. The van der Waals surface area contributed by atoms with Gasteiger partial charge in [-0.05, 0) is 67.2 Å². The number of ketones is 1. The third-order valence-corrected chi connectivity index (χ3v) is 14.1. The van der Waals surface area contributed by atoms with Gasteiger partial charge in [0.25, 0.3) is 0 Å². The van der Waals surface area contributed by atoms with E-state index < -0.39 is 29.0 Å². The molecule has 2 aromatic carbocycles. The molecule has 270 valence electrons. The summed E-state index contributed by atoms with van der Waals surface area (Å²) in [5.74, 6) is -0.741. The number of carbonyl (C=O) groups is 3. The molecule has 1 heterocycles. The maximum Gasteiger partial charge on any atom is 0.316 e. The highest BCUT2D eigenvalue weighted by Crippen LogP contribution is 2.68. The summed E-state index contributed by atoms with van der Waals surface area (Å²) in [4.78, 5) is 45.4. The zero-order chi connectivity index (χ0) is 35.8. The third kappa shape index (κ3) is 6.63. The predicted octanol–water partition coefficient (Wildman–Crippen LogP) is 6.59. The van der Waals surface area contributed by atoms with E-state index in [-0.39, 0.29) is 53.0 Å². The van der Waals surface area contributed by atoms with Gasteiger partial charge in [0, 0.05) is 54.2 Å². The van der Waals surface area contributed by atoms with Crippen molar-refractivity contribution in [1.82, 2.24) is 4.90 Å². The Bertz CT molecular complexity index is 1610. The molecule has 3 saturated carbocycles. The van der Waals surface area contributed by atoms with Crippen molar-refractivity contribution in [1.29, 1.82) is 0 Å². The largest absolute Gasteiger partial charge is 0.461 e. The van der Waals surface area contributed by atoms with Gasteiger partial charge in [-0.3, -0.25) is 19.3 Å². The van der Waals surface area contributed by atoms with Crippen molar-refractivity contribution in [3.8, 4) is 0 Å². The Labute approximate surface area is 300 Å². The Morgan fingerprint density at radius 2 is 1.78 bits per heavy atom. The molecule has 8 atom stereocenters. The topological polar surface area (TPSA) is 99.2 Å². The number of hydrogen-bond donors (Lipinski definition) is 2. The second-order valence-electron chi connectivity index (χ2n) is 15.6. The summed E-state index contributed by atoms with van der Waals surface area (Å²) in [5, 5.41) is 14.8. The van der Waals surface area contributed by atoms with Gasteiger partial charge in [0.2, 0.25) is 5.91 Å². The van der Waals surface area contributed by atoms with Gasteiger partial charge in [-0.2, -0.15) is 0 Å². The lowest BCUT2D eigenvalue weighted by atomic mass is 9.44. The van der Waals surface area contributed by atoms with Crippen molar-refractivity contribution in [2.45, 2.75) is 76.9 Å². The van der Waals surface area contributed by atoms with E-state index in [9.17, 15) is 23.9 Å². The van der Waals surface area contributed by atoms with Crippen LogP contribution in [0.3, 0.4) is 0 Å². The smallest absolute Gasteiger partial charge is 0.316 e. The third-order valence-electron chi connectivity index (χ3n) is 13.0. The van der Waals surface area contributed by atoms with Crippen LogP contribution in [-0.2, 0) is 19.1 Å². The molecule has 0 spiro atoms. The molecule has 0 radical (unpaired) electrons. The number of aliphatic hydroxyl groups is 1. The number of rotatable bonds is 9. The van der Waals surface area contributed by atoms with Crippen molar-refractivity contribution in [2.75, 3.05) is 48.7 Å². The molecule has 2 N–H and O–H groups in total. The molecule has 1 saturated heterocycles. The highest BCUT2D eigenvalue weighted by molar-refractivity contribution is 8.00. The number of Topliss-reactive ketones (excluding diaryl/α,β-unsaturated/α-hetero) is 1. The summed E-state index contributed by atoms with van der Waals surface area (Å²) in [5.41, 5.74) is -0.387. The highest BCUT2D eigenvalue weighted by Gasteiger charge is 2.68. The summed E-state index contributed by atoms with van der Waals surface area (Å²) in [6.07, 6.45) is 3.96. The Kier molecular flexibility index (Phi) is 10.6. The van der Waals surface area contributed by atoms with Crippen LogP contribution >= 0.6 is 11.8 Å². The number of nitrogens with zero attached hydrogens (tertiary/aromatic N) is 2. The summed E-state index contributed by atoms with van der Waals surface area (Å²) in [6, 6.07) is 14.2. The second kappa shape index (κ2) is 14.4. The number of carbonyl (C=O) groups excluding carboxylic acids is 3. The monoisotopic (exact) mass is 705 g/mol. The number of anilines is 2. The normalized spacial score (nSPS) is 34.3. The average molecular weight is 706 g/mol. The number of thioether (sulfide) groups is 1. The predicted molar refractivity (Wildman–Crippen MR) is 195 cm³/mol. The van der Waals surface area contributed by atoms with E-state index in [1.54, 1.807) is 12.1 Å². The Balaban J connectivity index is 1.11. The number of piperazine rings is 1. The first kappa shape index (κ1) is 36.6. The molecule has 1 aliphatic heterocycles. The maximum atomic E-state index is 14.3. The first-order valence-corrected chi connectivity index (χ1v) is 19.1. The van der Waals surface area contributed by atoms with E-state index in [0.717, 1.165) is 24.2 Å². The van der Waals surface area contributed by atoms with E-state index in [1.807, 2.05) is 48.2 Å². The fourth-order valence-electron chi connectivity index (χ4n) is 9.77. The van der Waals surface area contributed by atoms with Crippen LogP contribution in [0.4, 0.5) is 15.8 Å². The van der Waals surface area contributed by atoms with Gasteiger partial charge in [0.15, 0.2) is 0 Å². The zero-order valence-corrected chi connectivity index (χ0v) is 30.6. The lowest BCUT2D eigenvalue weighted by molar-refractivity contribution is -0.205. The van der Waals surface area contributed by atoms with Crippen LogP contribution in [0, 0.1) is 39.8 Å². The minimum atomic E-state index is -0.715. The highest BCUT2D eigenvalue weighted by atomic mass is 32.2. The maximum absolute atomic E-state index is 14.3. The van der Waals surface area contributed by atoms with Crippen LogP contribution in [-0.4, -0.2) is 78.4 Å². The standard InChI is InChI=1S/C40H52FN3O5S/c1-6-38(4)23-33(39(5)26(2)15-17-40(27(3)37(38)48)18-16-31(45)36(39)40)49-35(47)25-50-32-14-10-8-12-29(32)42-34(46)24-43-19-21-44(22-20-43)30-13-9-7-11-28(30)41/h6-14,26-27,33,36-37,48H,1,15-25H2,2-5H3,(H,42,46)/t26-,27+,33-,36+,37+,38-,39+,40+/m1/s1. The molecule has 4 fully saturated rings. The number of para-hydroxylation sites is 2. The number of nitrogens with one attached hydrogen (secondary N) is 1. The van der Waals surface area contributed by atoms with Gasteiger partial charge < -0.3 is 20.1 Å². The molecular formula is C40H52FN3O5S. The summed E-state index contributed by atoms with van der Waals surface area (Å²) in [6.45, 7) is 15.3. The fraction of sp³-hybridized carbons (Fsp3) is 0.575. The lowest BCUT2D eigenvalue weighted by Gasteiger charge is -2.61. The van der Waals surface area contributed by atoms with Crippen molar-refractivity contribution in [2.24, 2.45) is 34.0 Å². The second-order valence-corrected chi connectivity index (χ2v) is 16.6. The molecule has 2 aromatic rings. The van der Waals surface area contributed by atoms with Crippen LogP contribution in [0.5, 0.6) is 0 Å². The Morgan fingerprint density at radius 1 is 1.08 bits per heavy atom. The summed E-state index contributed by atoms with van der Waals surface area (Å²) in [7, 11) is 0. The first-order chi connectivity index (χ1) is 23.8. The molecule has 2 bridgehead atoms. The van der Waals surface area contributed by atoms with Crippen LogP contribution in [0.25, 0.3) is 0 Å². The minimum absolute atomic E-state index is 0.0271. The van der Waals surface area contributed by atoms with Gasteiger partial charge in [-0.15, -0.1) is 18.3 Å². The fourth-order valence-corrected chi connectivity index (χ4v) is 10.6. The molecule has 10 heteroatoms. The Morgan fingerprint density at radius 3 is 2.50 bits per heavy atom. The van der Waals surface area contributed by atoms with Crippen LogP contribution < -0.4 is 10.2 Å². The Hall–Kier alpha value is -3.21. The van der Waals surface area contributed by atoms with E-state index in [0.29, 0.717) is 50.4 Å². The molecule has 8 nitrogen and oxygen atoms in total. The molecule has 3 aliphatic carbocycles. The van der Waals surface area contributed by atoms with E-state index in [1.165, 1.54) is 17.8 Å². The number of ether oxygens (including phenoxy) is 1. The van der Waals surface area contributed by atoms with Gasteiger partial charge in [0.1, 0.15) is 17.7 Å². The molecular weight excluding hydrogens is 654 g/mol. The van der Waals surface area contributed by atoms with Gasteiger partial charge in [-0.1, -0.05) is 58.0 Å². The molecule has 50 heavy (non-hydrogen) atoms. The average Bonchev–Trinajstić information content (AvgIpc) is 3.46. The van der Waals surface area contributed by atoms with Crippen molar-refractivity contribution < 1.29 is 28.6 Å². The number of amides is 1. The number of esters is 1. The van der Waals surface area contributed by atoms with Crippen molar-refractivity contribution in [3.05, 3.63) is 67.0 Å². The van der Waals surface area contributed by atoms with Crippen molar-refractivity contribution in [3.63, 3.8) is 0 Å². The molecule has 0 unspecified atom stereocenters. The molecule has 0 aromatic heterocycles. The number of aliphatic hydroxyl groups excluding tert-OH is 1. The van der Waals surface area contributed by atoms with E-state index >= 15 is 0 Å². The minimum Gasteiger partial charge on any atom is -0.461 e. The number of halogens is 1. The summed E-state index contributed by atoms with van der Waals surface area (Å²) < 4.78 is 20.7. The van der Waals surface area contributed by atoms with Gasteiger partial charge in [0.05, 0.1) is 29.8 Å². The lowest BCUT2D eigenvalue weighted by Crippen LogP contribution is -2.63. The van der Waals surface area contributed by atoms with Gasteiger partial charge >= 0.3 is 5.97 Å². The molecule has 6 rings (SSSR count). The van der Waals surface area contributed by atoms with Crippen LogP contribution in [0.2, 0.25) is 0 Å². The molecule has 4 aliphatic rings. The van der Waals surface area contributed by atoms with Gasteiger partial charge in [-0.25, -0.2) is 4.39 Å². The van der Waals surface area contributed by atoms with Crippen LogP contribution in [0.15, 0.2) is 66.1 Å².